The molecular weight excluding hydrogens is 290 g/mol. The predicted octanol–water partition coefficient (Wildman–Crippen LogP) is 3.47. The van der Waals surface area contributed by atoms with Gasteiger partial charge in [-0.3, -0.25) is 0 Å². The fraction of sp³-hybridized carbons (Fsp3) is 0.611. The third kappa shape index (κ3) is 5.43. The zero-order chi connectivity index (χ0) is 16.7. The van der Waals surface area contributed by atoms with Crippen molar-refractivity contribution in [2.75, 3.05) is 37.5 Å². The Bertz CT molecular complexity index is 505. The summed E-state index contributed by atoms with van der Waals surface area (Å²) in [6.45, 7) is 3.35. The van der Waals surface area contributed by atoms with E-state index in [4.69, 9.17) is 4.74 Å². The van der Waals surface area contributed by atoms with E-state index in [9.17, 15) is 4.79 Å². The SMILES string of the molecule is CC1CCCCC1OCCNC(=O)Nc1ccccc1N(C)C. The molecule has 0 heterocycles. The molecule has 2 amide bonds. The van der Waals surface area contributed by atoms with Gasteiger partial charge >= 0.3 is 6.03 Å². The van der Waals surface area contributed by atoms with Gasteiger partial charge in [0.2, 0.25) is 0 Å². The highest BCUT2D eigenvalue weighted by atomic mass is 16.5. The minimum atomic E-state index is -0.195. The molecule has 1 fully saturated rings. The average molecular weight is 319 g/mol. The molecule has 5 heteroatoms. The molecule has 128 valence electrons. The molecular formula is C18H29N3O2. The molecule has 0 radical (unpaired) electrons. The Morgan fingerprint density at radius 3 is 2.74 bits per heavy atom. The van der Waals surface area contributed by atoms with Crippen LogP contribution in [0, 0.1) is 5.92 Å². The zero-order valence-electron chi connectivity index (χ0n) is 14.5. The van der Waals surface area contributed by atoms with Gasteiger partial charge in [-0.2, -0.15) is 0 Å². The summed E-state index contributed by atoms with van der Waals surface area (Å²) in [5, 5.41) is 5.75. The predicted molar refractivity (Wildman–Crippen MR) is 95.2 cm³/mol. The number of nitrogens with zero attached hydrogens (tertiary/aromatic N) is 1. The first kappa shape index (κ1) is 17.6. The third-order valence-electron chi connectivity index (χ3n) is 4.39. The number of para-hydroxylation sites is 2. The van der Waals surface area contributed by atoms with Crippen LogP contribution in [0.5, 0.6) is 0 Å². The van der Waals surface area contributed by atoms with Gasteiger partial charge in [-0.1, -0.05) is 31.9 Å². The zero-order valence-corrected chi connectivity index (χ0v) is 14.5. The van der Waals surface area contributed by atoms with Gasteiger partial charge in [-0.05, 0) is 30.9 Å². The molecule has 1 saturated carbocycles. The Balaban J connectivity index is 1.71. The van der Waals surface area contributed by atoms with E-state index < -0.39 is 0 Å². The molecule has 0 aromatic heterocycles. The molecule has 5 nitrogen and oxygen atoms in total. The standard InChI is InChI=1S/C18H29N3O2/c1-14-8-4-7-11-17(14)23-13-12-19-18(22)20-15-9-5-6-10-16(15)21(2)3/h5-6,9-10,14,17H,4,7-8,11-13H2,1-3H3,(H2,19,20,22). The number of rotatable bonds is 6. The second-order valence-electron chi connectivity index (χ2n) is 6.46. The fourth-order valence-electron chi connectivity index (χ4n) is 3.04. The van der Waals surface area contributed by atoms with Crippen molar-refractivity contribution in [1.82, 2.24) is 5.32 Å². The summed E-state index contributed by atoms with van der Waals surface area (Å²) < 4.78 is 5.91. The fourth-order valence-corrected chi connectivity index (χ4v) is 3.04. The molecule has 1 aromatic carbocycles. The maximum Gasteiger partial charge on any atom is 0.319 e. The summed E-state index contributed by atoms with van der Waals surface area (Å²) in [6, 6.07) is 7.55. The van der Waals surface area contributed by atoms with Gasteiger partial charge in [0.1, 0.15) is 0 Å². The lowest BCUT2D eigenvalue weighted by Crippen LogP contribution is -2.34. The van der Waals surface area contributed by atoms with Crippen molar-refractivity contribution in [3.8, 4) is 0 Å². The first-order valence-corrected chi connectivity index (χ1v) is 8.50. The van der Waals surface area contributed by atoms with Gasteiger partial charge in [0, 0.05) is 20.6 Å². The minimum absolute atomic E-state index is 0.195. The Hall–Kier alpha value is -1.75. The molecule has 1 aliphatic rings. The maximum absolute atomic E-state index is 12.0. The van der Waals surface area contributed by atoms with Gasteiger partial charge in [0.25, 0.3) is 0 Å². The molecule has 1 aliphatic carbocycles. The highest BCUT2D eigenvalue weighted by molar-refractivity contribution is 5.93. The number of urea groups is 1. The quantitative estimate of drug-likeness (QED) is 0.789. The van der Waals surface area contributed by atoms with Crippen molar-refractivity contribution in [1.29, 1.82) is 0 Å². The lowest BCUT2D eigenvalue weighted by molar-refractivity contribution is -0.00232. The van der Waals surface area contributed by atoms with Crippen LogP contribution < -0.4 is 15.5 Å². The van der Waals surface area contributed by atoms with Crippen LogP contribution >= 0.6 is 0 Å². The molecule has 0 aliphatic heterocycles. The number of amides is 2. The third-order valence-corrected chi connectivity index (χ3v) is 4.39. The van der Waals surface area contributed by atoms with E-state index in [1.54, 1.807) is 0 Å². The Labute approximate surface area is 139 Å². The van der Waals surface area contributed by atoms with Crippen molar-refractivity contribution < 1.29 is 9.53 Å². The van der Waals surface area contributed by atoms with Crippen molar-refractivity contribution in [2.24, 2.45) is 5.92 Å². The summed E-state index contributed by atoms with van der Waals surface area (Å²) in [7, 11) is 3.91. The number of hydrogen-bond donors (Lipinski definition) is 2. The number of ether oxygens (including phenoxy) is 1. The van der Waals surface area contributed by atoms with E-state index in [1.165, 1.54) is 19.3 Å². The molecule has 0 bridgehead atoms. The van der Waals surface area contributed by atoms with E-state index in [2.05, 4.69) is 17.6 Å². The van der Waals surface area contributed by atoms with Gasteiger partial charge in [0.15, 0.2) is 0 Å². The Kier molecular flexibility index (Phi) is 6.71. The lowest BCUT2D eigenvalue weighted by atomic mass is 9.88. The number of carbonyl (C=O) groups excluding carboxylic acids is 1. The van der Waals surface area contributed by atoms with E-state index in [-0.39, 0.29) is 6.03 Å². The van der Waals surface area contributed by atoms with Gasteiger partial charge in [-0.25, -0.2) is 4.79 Å². The molecule has 1 aromatic rings. The molecule has 23 heavy (non-hydrogen) atoms. The van der Waals surface area contributed by atoms with Crippen LogP contribution in [-0.4, -0.2) is 39.4 Å². The molecule has 2 rings (SSSR count). The smallest absolute Gasteiger partial charge is 0.319 e. The average Bonchev–Trinajstić information content (AvgIpc) is 2.53. The normalized spacial score (nSPS) is 20.8. The van der Waals surface area contributed by atoms with Crippen LogP contribution in [0.25, 0.3) is 0 Å². The van der Waals surface area contributed by atoms with E-state index >= 15 is 0 Å². The second-order valence-corrected chi connectivity index (χ2v) is 6.46. The largest absolute Gasteiger partial charge is 0.376 e. The first-order valence-electron chi connectivity index (χ1n) is 8.50. The number of anilines is 2. The Morgan fingerprint density at radius 2 is 2.00 bits per heavy atom. The number of nitrogens with one attached hydrogen (secondary N) is 2. The van der Waals surface area contributed by atoms with Crippen molar-refractivity contribution in [3.63, 3.8) is 0 Å². The van der Waals surface area contributed by atoms with Crippen molar-refractivity contribution >= 4 is 17.4 Å². The summed E-state index contributed by atoms with van der Waals surface area (Å²) >= 11 is 0. The van der Waals surface area contributed by atoms with Crippen LogP contribution in [0.4, 0.5) is 16.2 Å². The first-order chi connectivity index (χ1) is 11.1. The van der Waals surface area contributed by atoms with Crippen LogP contribution in [0.15, 0.2) is 24.3 Å². The van der Waals surface area contributed by atoms with E-state index in [0.717, 1.165) is 17.8 Å². The topological polar surface area (TPSA) is 53.6 Å². The molecule has 2 unspecified atom stereocenters. The molecule has 2 N–H and O–H groups in total. The van der Waals surface area contributed by atoms with E-state index in [1.807, 2.05) is 43.3 Å². The summed E-state index contributed by atoms with van der Waals surface area (Å²) in [5.41, 5.74) is 1.78. The van der Waals surface area contributed by atoms with Crippen molar-refractivity contribution in [2.45, 2.75) is 38.7 Å². The van der Waals surface area contributed by atoms with Gasteiger partial charge < -0.3 is 20.3 Å². The van der Waals surface area contributed by atoms with Crippen LogP contribution in [0.2, 0.25) is 0 Å². The maximum atomic E-state index is 12.0. The van der Waals surface area contributed by atoms with Gasteiger partial charge in [-0.15, -0.1) is 0 Å². The van der Waals surface area contributed by atoms with E-state index in [0.29, 0.717) is 25.2 Å². The summed E-state index contributed by atoms with van der Waals surface area (Å²) in [4.78, 5) is 14.0. The molecule has 0 saturated heterocycles. The minimum Gasteiger partial charge on any atom is -0.376 e. The lowest BCUT2D eigenvalue weighted by Gasteiger charge is -2.28. The number of benzene rings is 1. The van der Waals surface area contributed by atoms with Crippen LogP contribution in [0.3, 0.4) is 0 Å². The summed E-state index contributed by atoms with van der Waals surface area (Å²) in [5.74, 6) is 0.629. The molecule has 2 atom stereocenters. The van der Waals surface area contributed by atoms with Gasteiger partial charge in [0.05, 0.1) is 24.1 Å². The number of hydrogen-bond acceptors (Lipinski definition) is 3. The van der Waals surface area contributed by atoms with Crippen LogP contribution in [0.1, 0.15) is 32.6 Å². The Morgan fingerprint density at radius 1 is 1.26 bits per heavy atom. The monoisotopic (exact) mass is 319 g/mol. The highest BCUT2D eigenvalue weighted by Crippen LogP contribution is 2.26. The molecule has 0 spiro atoms. The van der Waals surface area contributed by atoms with Crippen LogP contribution in [-0.2, 0) is 4.74 Å². The number of carbonyl (C=O) groups is 1. The second kappa shape index (κ2) is 8.77. The van der Waals surface area contributed by atoms with Crippen molar-refractivity contribution in [3.05, 3.63) is 24.3 Å². The highest BCUT2D eigenvalue weighted by Gasteiger charge is 2.21. The summed E-state index contributed by atoms with van der Waals surface area (Å²) in [6.07, 6.45) is 5.31.